The zero-order valence-corrected chi connectivity index (χ0v) is 13.2. The number of hydrogen-bond acceptors (Lipinski definition) is 5. The van der Waals surface area contributed by atoms with Gasteiger partial charge in [-0.25, -0.2) is 4.79 Å². The molecule has 0 aliphatic carbocycles. The van der Waals surface area contributed by atoms with E-state index < -0.39 is 23.9 Å². The monoisotopic (exact) mass is 346 g/mol. The van der Waals surface area contributed by atoms with Crippen molar-refractivity contribution in [3.05, 3.63) is 28.5 Å². The van der Waals surface area contributed by atoms with Crippen LogP contribution in [0.1, 0.15) is 32.6 Å². The van der Waals surface area contributed by atoms with E-state index in [1.54, 1.807) is 32.9 Å². The first-order valence-corrected chi connectivity index (χ1v) is 6.93. The average molecular weight is 347 g/mol. The van der Waals surface area contributed by atoms with Gasteiger partial charge in [0, 0.05) is 17.2 Å². The first-order valence-electron chi connectivity index (χ1n) is 6.13. The Balaban J connectivity index is 2.48. The fourth-order valence-corrected chi connectivity index (χ4v) is 1.61. The van der Waals surface area contributed by atoms with E-state index >= 15 is 0 Å². The van der Waals surface area contributed by atoms with Crippen molar-refractivity contribution in [1.82, 2.24) is 10.3 Å². The summed E-state index contributed by atoms with van der Waals surface area (Å²) in [4.78, 5) is 15.4. The number of carbonyl (C=O) groups is 1. The summed E-state index contributed by atoms with van der Waals surface area (Å²) in [5.41, 5.74) is -0.285. The van der Waals surface area contributed by atoms with E-state index in [2.05, 4.69) is 26.2 Å². The van der Waals surface area contributed by atoms with Gasteiger partial charge in [0.2, 0.25) is 0 Å². The fourth-order valence-electron chi connectivity index (χ4n) is 1.37. The van der Waals surface area contributed by atoms with Gasteiger partial charge in [-0.1, -0.05) is 0 Å². The van der Waals surface area contributed by atoms with Crippen LogP contribution in [0.3, 0.4) is 0 Å². The Kier molecular flexibility index (Phi) is 5.91. The third-order valence-electron chi connectivity index (χ3n) is 2.27. The minimum absolute atomic E-state index is 0.131. The number of nitrogens with zero attached hydrogens (tertiary/aromatic N) is 1. The van der Waals surface area contributed by atoms with Crippen LogP contribution in [0.4, 0.5) is 4.79 Å². The first kappa shape index (κ1) is 16.9. The Morgan fingerprint density at radius 2 is 2.10 bits per heavy atom. The summed E-state index contributed by atoms with van der Waals surface area (Å²) in [7, 11) is 0. The second kappa shape index (κ2) is 7.01. The molecule has 1 aromatic heterocycles. The summed E-state index contributed by atoms with van der Waals surface area (Å²) in [5.74, 6) is 0. The molecule has 2 atom stereocenters. The van der Waals surface area contributed by atoms with Gasteiger partial charge in [-0.15, -0.1) is 0 Å². The largest absolute Gasteiger partial charge is 0.444 e. The maximum atomic E-state index is 11.4. The fraction of sp³-hybridized carbons (Fsp3) is 0.538. The van der Waals surface area contributed by atoms with Gasteiger partial charge in [0.1, 0.15) is 17.8 Å². The molecule has 20 heavy (non-hydrogen) atoms. The second-order valence-electron chi connectivity index (χ2n) is 5.30. The molecule has 1 rings (SSSR count). The van der Waals surface area contributed by atoms with E-state index in [0.29, 0.717) is 5.69 Å². The number of amides is 1. The lowest BCUT2D eigenvalue weighted by Gasteiger charge is -2.22. The van der Waals surface area contributed by atoms with E-state index in [0.717, 1.165) is 4.47 Å². The summed E-state index contributed by atoms with van der Waals surface area (Å²) in [5, 5.41) is 22.1. The van der Waals surface area contributed by atoms with E-state index in [-0.39, 0.29) is 6.54 Å². The lowest BCUT2D eigenvalue weighted by Crippen LogP contribution is -2.39. The topological polar surface area (TPSA) is 91.7 Å². The van der Waals surface area contributed by atoms with Crippen molar-refractivity contribution >= 4 is 22.0 Å². The van der Waals surface area contributed by atoms with E-state index in [4.69, 9.17) is 4.74 Å². The zero-order valence-electron chi connectivity index (χ0n) is 11.6. The lowest BCUT2D eigenvalue weighted by atomic mass is 10.1. The van der Waals surface area contributed by atoms with Crippen LogP contribution in [0.2, 0.25) is 0 Å². The van der Waals surface area contributed by atoms with Crippen LogP contribution >= 0.6 is 15.9 Å². The Labute approximate surface area is 126 Å². The molecule has 2 unspecified atom stereocenters. The van der Waals surface area contributed by atoms with Gasteiger partial charge in [0.15, 0.2) is 0 Å². The van der Waals surface area contributed by atoms with Crippen molar-refractivity contribution < 1.29 is 19.7 Å². The molecule has 6 nitrogen and oxygen atoms in total. The SMILES string of the molecule is CC(C)(C)OC(=O)NCC(O)C(O)c1ccc(Br)cn1. The number of halogens is 1. The van der Waals surface area contributed by atoms with Gasteiger partial charge in [0.25, 0.3) is 0 Å². The summed E-state index contributed by atoms with van der Waals surface area (Å²) < 4.78 is 5.80. The highest BCUT2D eigenvalue weighted by molar-refractivity contribution is 9.10. The van der Waals surface area contributed by atoms with Gasteiger partial charge in [-0.3, -0.25) is 4.98 Å². The molecule has 1 amide bonds. The quantitative estimate of drug-likeness (QED) is 0.772. The molecule has 0 spiro atoms. The Morgan fingerprint density at radius 1 is 1.45 bits per heavy atom. The summed E-state index contributed by atoms with van der Waals surface area (Å²) in [6.45, 7) is 5.09. The summed E-state index contributed by atoms with van der Waals surface area (Å²) >= 11 is 3.23. The van der Waals surface area contributed by atoms with Crippen molar-refractivity contribution in [1.29, 1.82) is 0 Å². The molecule has 0 aliphatic rings. The molecule has 0 saturated heterocycles. The van der Waals surface area contributed by atoms with E-state index in [1.807, 2.05) is 0 Å². The highest BCUT2D eigenvalue weighted by Crippen LogP contribution is 2.16. The maximum Gasteiger partial charge on any atom is 0.407 e. The van der Waals surface area contributed by atoms with Crippen molar-refractivity contribution in [3.63, 3.8) is 0 Å². The van der Waals surface area contributed by atoms with Crippen LogP contribution in [0, 0.1) is 0 Å². The third kappa shape index (κ3) is 5.85. The smallest absolute Gasteiger partial charge is 0.407 e. The van der Waals surface area contributed by atoms with E-state index in [1.165, 1.54) is 6.20 Å². The summed E-state index contributed by atoms with van der Waals surface area (Å²) in [6, 6.07) is 3.30. The standard InChI is InChI=1S/C13H19BrN2O4/c1-13(2,3)20-12(19)16-7-10(17)11(18)9-5-4-8(14)6-15-9/h4-6,10-11,17-18H,7H2,1-3H3,(H,16,19). The molecule has 0 radical (unpaired) electrons. The highest BCUT2D eigenvalue weighted by atomic mass is 79.9. The lowest BCUT2D eigenvalue weighted by molar-refractivity contribution is 0.0109. The molecule has 0 aromatic carbocycles. The first-order chi connectivity index (χ1) is 9.19. The van der Waals surface area contributed by atoms with Crippen molar-refractivity contribution in [3.8, 4) is 0 Å². The van der Waals surface area contributed by atoms with Gasteiger partial charge in [-0.05, 0) is 48.8 Å². The number of alkyl carbamates (subject to hydrolysis) is 1. The number of rotatable bonds is 4. The Hall–Kier alpha value is -1.18. The number of carbonyl (C=O) groups excluding carboxylic acids is 1. The van der Waals surface area contributed by atoms with Crippen LogP contribution < -0.4 is 5.32 Å². The normalized spacial score (nSPS) is 14.5. The number of pyridine rings is 1. The van der Waals surface area contributed by atoms with Crippen LogP contribution in [-0.2, 0) is 4.74 Å². The number of aromatic nitrogens is 1. The maximum absolute atomic E-state index is 11.4. The number of hydrogen-bond donors (Lipinski definition) is 3. The Bertz CT molecular complexity index is 445. The molecular weight excluding hydrogens is 328 g/mol. The van der Waals surface area contributed by atoms with E-state index in [9.17, 15) is 15.0 Å². The van der Waals surface area contributed by atoms with Gasteiger partial charge < -0.3 is 20.3 Å². The number of aliphatic hydroxyl groups is 2. The van der Waals surface area contributed by atoms with Crippen LogP contribution in [0.25, 0.3) is 0 Å². The molecule has 3 N–H and O–H groups in total. The predicted octanol–water partition coefficient (Wildman–Crippen LogP) is 1.76. The van der Waals surface area contributed by atoms with Crippen molar-refractivity contribution in [2.75, 3.05) is 6.54 Å². The van der Waals surface area contributed by atoms with Crippen LogP contribution in [-0.4, -0.2) is 39.5 Å². The van der Waals surface area contributed by atoms with Gasteiger partial charge in [-0.2, -0.15) is 0 Å². The summed E-state index contributed by atoms with van der Waals surface area (Å²) in [6.07, 6.45) is -1.48. The van der Waals surface area contributed by atoms with Gasteiger partial charge >= 0.3 is 6.09 Å². The molecule has 1 heterocycles. The second-order valence-corrected chi connectivity index (χ2v) is 6.21. The molecule has 7 heteroatoms. The molecular formula is C13H19BrN2O4. The number of nitrogens with one attached hydrogen (secondary N) is 1. The average Bonchev–Trinajstić information content (AvgIpc) is 2.34. The highest BCUT2D eigenvalue weighted by Gasteiger charge is 2.22. The Morgan fingerprint density at radius 3 is 2.60 bits per heavy atom. The molecule has 0 fully saturated rings. The molecule has 1 aromatic rings. The number of ether oxygens (including phenoxy) is 1. The van der Waals surface area contributed by atoms with Crippen molar-refractivity contribution in [2.45, 2.75) is 38.6 Å². The molecule has 112 valence electrons. The predicted molar refractivity (Wildman–Crippen MR) is 77.1 cm³/mol. The van der Waals surface area contributed by atoms with Crippen molar-refractivity contribution in [2.24, 2.45) is 0 Å². The molecule has 0 bridgehead atoms. The minimum Gasteiger partial charge on any atom is -0.444 e. The number of aliphatic hydroxyl groups excluding tert-OH is 2. The zero-order chi connectivity index (χ0) is 15.3. The van der Waals surface area contributed by atoms with Crippen LogP contribution in [0.5, 0.6) is 0 Å². The van der Waals surface area contributed by atoms with Gasteiger partial charge in [0.05, 0.1) is 5.69 Å². The third-order valence-corrected chi connectivity index (χ3v) is 2.74. The molecule has 0 aliphatic heterocycles. The molecule has 0 saturated carbocycles. The minimum atomic E-state index is -1.18. The van der Waals surface area contributed by atoms with Crippen LogP contribution in [0.15, 0.2) is 22.8 Å².